The minimum Gasteiger partial charge on any atom is -0.454 e. The second-order valence-corrected chi connectivity index (χ2v) is 14.2. The maximum atomic E-state index is 6.84. The summed E-state index contributed by atoms with van der Waals surface area (Å²) in [6, 6.07) is 59.9. The molecule has 5 heteroatoms. The molecule has 11 aromatic rings. The molecule has 0 amide bonds. The van der Waals surface area contributed by atoms with Gasteiger partial charge in [0.2, 0.25) is 5.89 Å². The van der Waals surface area contributed by atoms with Gasteiger partial charge in [-0.3, -0.25) is 0 Å². The van der Waals surface area contributed by atoms with Crippen LogP contribution >= 0.6 is 11.3 Å². The lowest BCUT2D eigenvalue weighted by molar-refractivity contribution is 0.620. The van der Waals surface area contributed by atoms with Crippen LogP contribution in [0, 0.1) is 0 Å². The Kier molecular flexibility index (Phi) is 6.39. The Bertz CT molecular complexity index is 3130. The van der Waals surface area contributed by atoms with Gasteiger partial charge in [0.1, 0.15) is 11.1 Å². The van der Waals surface area contributed by atoms with Gasteiger partial charge in [-0.15, -0.1) is 11.3 Å². The Morgan fingerprint density at radius 1 is 0.481 bits per heavy atom. The van der Waals surface area contributed by atoms with Gasteiger partial charge in [-0.05, 0) is 94.7 Å². The van der Waals surface area contributed by atoms with Crippen LogP contribution in [0.4, 0.5) is 17.1 Å². The normalized spacial score (nSPS) is 11.8. The third-order valence-corrected chi connectivity index (χ3v) is 11.2. The molecular weight excluding hydrogens is 657 g/mol. The number of nitrogens with zero attached hydrogens (tertiary/aromatic N) is 2. The molecule has 4 nitrogen and oxygen atoms in total. The molecular formula is C47H28N2O2S. The topological polar surface area (TPSA) is 42.4 Å². The van der Waals surface area contributed by atoms with E-state index in [-0.39, 0.29) is 0 Å². The Morgan fingerprint density at radius 3 is 2.19 bits per heavy atom. The van der Waals surface area contributed by atoms with Crippen molar-refractivity contribution in [2.75, 3.05) is 4.90 Å². The lowest BCUT2D eigenvalue weighted by atomic mass is 10.00. The molecule has 8 aromatic carbocycles. The number of rotatable bonds is 5. The van der Waals surface area contributed by atoms with Gasteiger partial charge in [-0.25, -0.2) is 4.98 Å². The number of benzene rings is 8. The highest BCUT2D eigenvalue weighted by Crippen LogP contribution is 2.46. The summed E-state index contributed by atoms with van der Waals surface area (Å²) in [5.74, 6) is 0.578. The fraction of sp³-hybridized carbons (Fsp3) is 0. The van der Waals surface area contributed by atoms with Gasteiger partial charge in [0.05, 0.1) is 5.69 Å². The lowest BCUT2D eigenvalue weighted by Gasteiger charge is -2.26. The molecule has 3 heterocycles. The third-order valence-electron chi connectivity index (χ3n) is 10.1. The highest BCUT2D eigenvalue weighted by atomic mass is 32.1. The van der Waals surface area contributed by atoms with Crippen LogP contribution in [0.5, 0.6) is 0 Å². The van der Waals surface area contributed by atoms with E-state index < -0.39 is 0 Å². The van der Waals surface area contributed by atoms with Gasteiger partial charge in [-0.2, -0.15) is 0 Å². The third kappa shape index (κ3) is 4.57. The fourth-order valence-corrected chi connectivity index (χ4v) is 8.73. The lowest BCUT2D eigenvalue weighted by Crippen LogP contribution is -2.10. The number of thiophene rings is 1. The van der Waals surface area contributed by atoms with Crippen molar-refractivity contribution in [1.82, 2.24) is 4.98 Å². The molecule has 0 saturated carbocycles. The predicted molar refractivity (Wildman–Crippen MR) is 217 cm³/mol. The summed E-state index contributed by atoms with van der Waals surface area (Å²) in [6.07, 6.45) is 0. The largest absolute Gasteiger partial charge is 0.454 e. The molecule has 0 saturated heterocycles. The maximum absolute atomic E-state index is 6.84. The minimum atomic E-state index is 0.578. The average molecular weight is 685 g/mol. The molecule has 0 atom stereocenters. The van der Waals surface area contributed by atoms with Crippen LogP contribution < -0.4 is 4.90 Å². The molecule has 0 N–H and O–H groups in total. The van der Waals surface area contributed by atoms with Crippen molar-refractivity contribution < 1.29 is 8.83 Å². The zero-order valence-electron chi connectivity index (χ0n) is 27.8. The summed E-state index contributed by atoms with van der Waals surface area (Å²) in [5.41, 5.74) is 9.44. The van der Waals surface area contributed by atoms with Gasteiger partial charge in [-0.1, -0.05) is 97.1 Å². The highest BCUT2D eigenvalue weighted by molar-refractivity contribution is 7.25. The molecule has 0 radical (unpaired) electrons. The zero-order chi connectivity index (χ0) is 34.2. The number of para-hydroxylation sites is 3. The second-order valence-electron chi connectivity index (χ2n) is 13.1. The van der Waals surface area contributed by atoms with Gasteiger partial charge in [0, 0.05) is 47.9 Å². The first-order chi connectivity index (χ1) is 25.7. The van der Waals surface area contributed by atoms with E-state index in [0.717, 1.165) is 61.2 Å². The van der Waals surface area contributed by atoms with Crippen molar-refractivity contribution >= 4 is 92.4 Å². The summed E-state index contributed by atoms with van der Waals surface area (Å²) < 4.78 is 15.7. The number of oxazole rings is 1. The number of hydrogen-bond donors (Lipinski definition) is 0. The van der Waals surface area contributed by atoms with Crippen LogP contribution in [-0.4, -0.2) is 4.98 Å². The van der Waals surface area contributed by atoms with Gasteiger partial charge in [0.25, 0.3) is 0 Å². The summed E-state index contributed by atoms with van der Waals surface area (Å²) in [6.45, 7) is 0. The molecule has 0 unspecified atom stereocenters. The summed E-state index contributed by atoms with van der Waals surface area (Å²) in [7, 11) is 0. The number of fused-ring (bicyclic) bond motifs is 8. The summed E-state index contributed by atoms with van der Waals surface area (Å²) in [4.78, 5) is 7.19. The van der Waals surface area contributed by atoms with Gasteiger partial charge >= 0.3 is 0 Å². The van der Waals surface area contributed by atoms with Crippen LogP contribution in [0.15, 0.2) is 179 Å². The molecule has 0 aliphatic heterocycles. The van der Waals surface area contributed by atoms with Crippen molar-refractivity contribution in [2.45, 2.75) is 0 Å². The molecule has 0 bridgehead atoms. The summed E-state index contributed by atoms with van der Waals surface area (Å²) >= 11 is 1.83. The van der Waals surface area contributed by atoms with Crippen LogP contribution in [0.25, 0.3) is 86.6 Å². The molecule has 52 heavy (non-hydrogen) atoms. The first kappa shape index (κ1) is 29.1. The molecule has 244 valence electrons. The van der Waals surface area contributed by atoms with Crippen molar-refractivity contribution in [3.63, 3.8) is 0 Å². The SMILES string of the molecule is c1cc(-c2ccc3ccccc3c2)cc(N(c2ccc3sc4ccccc4c3c2)c2cccc3c2oc2cccc(-c4nc5ccccc5o4)c23)c1. The van der Waals surface area contributed by atoms with Crippen LogP contribution in [0.1, 0.15) is 0 Å². The number of aromatic nitrogens is 1. The molecule has 11 rings (SSSR count). The molecule has 3 aromatic heterocycles. The van der Waals surface area contributed by atoms with E-state index in [1.54, 1.807) is 0 Å². The van der Waals surface area contributed by atoms with E-state index in [4.69, 9.17) is 13.8 Å². The van der Waals surface area contributed by atoms with Gasteiger partial charge < -0.3 is 13.7 Å². The van der Waals surface area contributed by atoms with E-state index in [0.29, 0.717) is 5.89 Å². The van der Waals surface area contributed by atoms with Crippen molar-refractivity contribution in [3.8, 4) is 22.6 Å². The molecule has 0 aliphatic rings. The molecule has 0 spiro atoms. The molecule has 0 fully saturated rings. The first-order valence-corrected chi connectivity index (χ1v) is 18.2. The minimum absolute atomic E-state index is 0.578. The summed E-state index contributed by atoms with van der Waals surface area (Å²) in [5, 5.41) is 6.94. The predicted octanol–water partition coefficient (Wildman–Crippen LogP) is 14.1. The van der Waals surface area contributed by atoms with E-state index >= 15 is 0 Å². The van der Waals surface area contributed by atoms with Crippen molar-refractivity contribution in [3.05, 3.63) is 170 Å². The number of anilines is 3. The standard InChI is InChI=1S/C47H28N2O2S/c1-2-11-30-26-32(23-22-29(30)10-1)31-12-7-13-33(27-31)49(34-24-25-44-38(28-34)35-14-3-6-21-43(35)52-44)40-18-8-15-36-45-37(16-9-20-42(45)50-46(36)40)47-48-39-17-4-5-19-41(39)51-47/h1-28H. The van der Waals surface area contributed by atoms with Crippen LogP contribution in [0.2, 0.25) is 0 Å². The number of furan rings is 1. The van der Waals surface area contributed by atoms with Crippen molar-refractivity contribution in [2.24, 2.45) is 0 Å². The van der Waals surface area contributed by atoms with Crippen LogP contribution in [-0.2, 0) is 0 Å². The van der Waals surface area contributed by atoms with Crippen molar-refractivity contribution in [1.29, 1.82) is 0 Å². The van der Waals surface area contributed by atoms with E-state index in [1.807, 2.05) is 47.7 Å². The Labute approximate surface area is 302 Å². The smallest absolute Gasteiger partial charge is 0.228 e. The van der Waals surface area contributed by atoms with E-state index in [9.17, 15) is 0 Å². The van der Waals surface area contributed by atoms with Gasteiger partial charge in [0.15, 0.2) is 11.2 Å². The Balaban J connectivity index is 1.15. The quantitative estimate of drug-likeness (QED) is 0.181. The first-order valence-electron chi connectivity index (χ1n) is 17.4. The average Bonchev–Trinajstić information content (AvgIpc) is 3.92. The monoisotopic (exact) mass is 684 g/mol. The Morgan fingerprint density at radius 2 is 1.23 bits per heavy atom. The maximum Gasteiger partial charge on any atom is 0.228 e. The number of hydrogen-bond acceptors (Lipinski definition) is 5. The Hall–Kier alpha value is -6.69. The fourth-order valence-electron chi connectivity index (χ4n) is 7.65. The van der Waals surface area contributed by atoms with Crippen LogP contribution in [0.3, 0.4) is 0 Å². The zero-order valence-corrected chi connectivity index (χ0v) is 28.6. The van der Waals surface area contributed by atoms with E-state index in [2.05, 4.69) is 138 Å². The van der Waals surface area contributed by atoms with E-state index in [1.165, 1.54) is 36.5 Å². The second kappa shape index (κ2) is 11.4. The highest BCUT2D eigenvalue weighted by Gasteiger charge is 2.23. The molecule has 0 aliphatic carbocycles.